The highest BCUT2D eigenvalue weighted by Gasteiger charge is 2.36. The molecule has 1 fully saturated rings. The van der Waals surface area contributed by atoms with Crippen molar-refractivity contribution in [3.63, 3.8) is 0 Å². The van der Waals surface area contributed by atoms with E-state index >= 15 is 0 Å². The van der Waals surface area contributed by atoms with Crippen molar-refractivity contribution in [2.45, 2.75) is 71.8 Å². The number of pyridine rings is 2. The molecule has 2 aliphatic heterocycles. The Bertz CT molecular complexity index is 1690. The number of fused-ring (bicyclic) bond motifs is 2. The number of aromatic amines is 1. The van der Waals surface area contributed by atoms with Gasteiger partial charge in [-0.25, -0.2) is 9.78 Å². The molecule has 1 aromatic carbocycles. The average Bonchev–Trinajstić information content (AvgIpc) is 3.62. The van der Waals surface area contributed by atoms with Crippen molar-refractivity contribution in [3.05, 3.63) is 82.4 Å². The highest BCUT2D eigenvalue weighted by Crippen LogP contribution is 2.40. The van der Waals surface area contributed by atoms with Crippen LogP contribution in [-0.2, 0) is 29.0 Å². The lowest BCUT2D eigenvalue weighted by molar-refractivity contribution is 0.0222. The second kappa shape index (κ2) is 11.4. The molecule has 1 N–H and O–H groups in total. The molecule has 0 unspecified atom stereocenters. The molecule has 9 heteroatoms. The van der Waals surface area contributed by atoms with Crippen LogP contribution < -0.4 is 0 Å². The molecule has 1 saturated heterocycles. The number of carbonyl (C=O) groups excluding carboxylic acids is 2. The molecule has 0 aliphatic carbocycles. The fraction of sp³-hybridized carbons (Fsp3) is 0.412. The van der Waals surface area contributed by atoms with Gasteiger partial charge in [0.15, 0.2) is 0 Å². The smallest absolute Gasteiger partial charge is 0.410 e. The van der Waals surface area contributed by atoms with Gasteiger partial charge in [0.2, 0.25) is 0 Å². The molecular formula is C34H39N5O4. The van der Waals surface area contributed by atoms with Gasteiger partial charge in [-0.15, -0.1) is 0 Å². The molecule has 43 heavy (non-hydrogen) atoms. The first-order valence-corrected chi connectivity index (χ1v) is 14.9. The van der Waals surface area contributed by atoms with E-state index in [1.54, 1.807) is 25.4 Å². The van der Waals surface area contributed by atoms with Crippen LogP contribution in [0.25, 0.3) is 22.2 Å². The molecule has 0 bridgehead atoms. The number of hydrogen-bond acceptors (Lipinski definition) is 6. The topological polar surface area (TPSA) is 101 Å². The Morgan fingerprint density at radius 2 is 1.93 bits per heavy atom. The molecule has 5 heterocycles. The Labute approximate surface area is 252 Å². The lowest BCUT2D eigenvalue weighted by atomic mass is 9.86. The molecule has 9 nitrogen and oxygen atoms in total. The molecule has 1 atom stereocenters. The second-order valence-corrected chi connectivity index (χ2v) is 12.6. The SMILES string of the molecule is COCc1cc(C(=O)N2CCc3cc(-c4cnc5[nH]cc(C)c5c4)cc([C@@H]4CCCN4C(=O)OC(C)(C)C)c3C2)ccn1. The zero-order chi connectivity index (χ0) is 30.3. The normalized spacial score (nSPS) is 16.9. The summed E-state index contributed by atoms with van der Waals surface area (Å²) in [5.41, 5.74) is 8.23. The first-order valence-electron chi connectivity index (χ1n) is 14.9. The van der Waals surface area contributed by atoms with Crippen molar-refractivity contribution in [1.29, 1.82) is 0 Å². The standard InChI is InChI=1S/C34H39N5O4/c1-21-17-36-31-27(21)16-25(18-37-31)24-13-22-9-12-38(32(40)23-8-10-35-26(14-23)20-42-5)19-29(22)28(15-24)30-7-6-11-39(30)33(41)43-34(2,3)4/h8,10,13-18,30H,6-7,9,11-12,19-20H2,1-5H3,(H,36,37)/t30-/m0/s1. The lowest BCUT2D eigenvalue weighted by Crippen LogP contribution is -2.39. The van der Waals surface area contributed by atoms with Gasteiger partial charge >= 0.3 is 6.09 Å². The predicted octanol–water partition coefficient (Wildman–Crippen LogP) is 6.35. The maximum Gasteiger partial charge on any atom is 0.410 e. The van der Waals surface area contributed by atoms with E-state index in [4.69, 9.17) is 9.47 Å². The quantitative estimate of drug-likeness (QED) is 0.295. The van der Waals surface area contributed by atoms with Crippen molar-refractivity contribution in [2.24, 2.45) is 0 Å². The Morgan fingerprint density at radius 1 is 1.09 bits per heavy atom. The molecule has 3 aromatic heterocycles. The van der Waals surface area contributed by atoms with E-state index in [0.717, 1.165) is 63.8 Å². The van der Waals surface area contributed by atoms with E-state index in [9.17, 15) is 9.59 Å². The molecule has 224 valence electrons. The van der Waals surface area contributed by atoms with Gasteiger partial charge in [-0.2, -0.15) is 0 Å². The summed E-state index contributed by atoms with van der Waals surface area (Å²) >= 11 is 0. The number of amides is 2. The van der Waals surface area contributed by atoms with Crippen LogP contribution in [0.15, 0.2) is 48.9 Å². The number of methoxy groups -OCH3 is 1. The minimum atomic E-state index is -0.587. The number of aromatic nitrogens is 3. The third-order valence-corrected chi connectivity index (χ3v) is 8.33. The summed E-state index contributed by atoms with van der Waals surface area (Å²) < 4.78 is 11.0. The van der Waals surface area contributed by atoms with Gasteiger partial charge in [-0.1, -0.05) is 6.07 Å². The van der Waals surface area contributed by atoms with Gasteiger partial charge in [0.25, 0.3) is 5.91 Å². The number of nitrogens with zero attached hydrogens (tertiary/aromatic N) is 4. The monoisotopic (exact) mass is 581 g/mol. The zero-order valence-corrected chi connectivity index (χ0v) is 25.6. The van der Waals surface area contributed by atoms with Crippen molar-refractivity contribution >= 4 is 23.0 Å². The number of carbonyl (C=O) groups is 2. The number of benzene rings is 1. The van der Waals surface area contributed by atoms with Crippen molar-refractivity contribution < 1.29 is 19.1 Å². The van der Waals surface area contributed by atoms with E-state index in [-0.39, 0.29) is 18.0 Å². The van der Waals surface area contributed by atoms with Crippen molar-refractivity contribution in [3.8, 4) is 11.1 Å². The first kappa shape index (κ1) is 28.9. The van der Waals surface area contributed by atoms with Crippen LogP contribution in [0.2, 0.25) is 0 Å². The minimum absolute atomic E-state index is 0.0339. The van der Waals surface area contributed by atoms with Gasteiger partial charge in [0.1, 0.15) is 11.2 Å². The Balaban J connectivity index is 1.40. The Morgan fingerprint density at radius 3 is 2.72 bits per heavy atom. The van der Waals surface area contributed by atoms with E-state index < -0.39 is 5.60 Å². The summed E-state index contributed by atoms with van der Waals surface area (Å²) in [6.45, 7) is 9.82. The van der Waals surface area contributed by atoms with E-state index in [2.05, 4.69) is 40.1 Å². The maximum atomic E-state index is 13.7. The van der Waals surface area contributed by atoms with Crippen LogP contribution in [-0.4, -0.2) is 62.6 Å². The largest absolute Gasteiger partial charge is 0.444 e. The summed E-state index contributed by atoms with van der Waals surface area (Å²) in [5.74, 6) is -0.0339. The minimum Gasteiger partial charge on any atom is -0.444 e. The number of aryl methyl sites for hydroxylation is 1. The van der Waals surface area contributed by atoms with Crippen LogP contribution in [0.3, 0.4) is 0 Å². The van der Waals surface area contributed by atoms with E-state index in [1.165, 1.54) is 5.56 Å². The molecule has 0 radical (unpaired) electrons. The number of likely N-dealkylation sites (tertiary alicyclic amines) is 1. The summed E-state index contributed by atoms with van der Waals surface area (Å²) in [6.07, 6.45) is 7.68. The van der Waals surface area contributed by atoms with Gasteiger partial charge in [-0.05, 0) is 99.0 Å². The zero-order valence-electron chi connectivity index (χ0n) is 25.6. The third kappa shape index (κ3) is 5.86. The third-order valence-electron chi connectivity index (χ3n) is 8.33. The van der Waals surface area contributed by atoms with E-state index in [1.807, 2.05) is 43.0 Å². The summed E-state index contributed by atoms with van der Waals surface area (Å²) in [6, 6.07) is 10.0. The number of nitrogens with one attached hydrogen (secondary N) is 1. The number of ether oxygens (including phenoxy) is 2. The Hall–Kier alpha value is -4.24. The molecule has 2 amide bonds. The van der Waals surface area contributed by atoms with Gasteiger partial charge in [-0.3, -0.25) is 9.78 Å². The summed E-state index contributed by atoms with van der Waals surface area (Å²) in [5, 5.41) is 1.09. The molecule has 6 rings (SSSR count). The van der Waals surface area contributed by atoms with Crippen LogP contribution in [0, 0.1) is 6.92 Å². The number of H-pyrrole nitrogens is 1. The second-order valence-electron chi connectivity index (χ2n) is 12.6. The van der Waals surface area contributed by atoms with Crippen LogP contribution in [0.1, 0.15) is 78.0 Å². The fourth-order valence-electron chi connectivity index (χ4n) is 6.28. The molecule has 0 spiro atoms. The van der Waals surface area contributed by atoms with Crippen molar-refractivity contribution in [1.82, 2.24) is 24.8 Å². The highest BCUT2D eigenvalue weighted by atomic mass is 16.6. The van der Waals surface area contributed by atoms with Crippen LogP contribution in [0.5, 0.6) is 0 Å². The van der Waals surface area contributed by atoms with Crippen molar-refractivity contribution in [2.75, 3.05) is 20.2 Å². The number of rotatable bonds is 5. The first-order chi connectivity index (χ1) is 20.6. The summed E-state index contributed by atoms with van der Waals surface area (Å²) in [4.78, 5) is 43.1. The molecule has 2 aliphatic rings. The predicted molar refractivity (Wildman–Crippen MR) is 165 cm³/mol. The Kier molecular flexibility index (Phi) is 7.68. The highest BCUT2D eigenvalue weighted by molar-refractivity contribution is 5.94. The fourth-order valence-corrected chi connectivity index (χ4v) is 6.28. The summed E-state index contributed by atoms with van der Waals surface area (Å²) in [7, 11) is 1.62. The van der Waals surface area contributed by atoms with Crippen LogP contribution in [0.4, 0.5) is 4.79 Å². The molecular weight excluding hydrogens is 542 g/mol. The van der Waals surface area contributed by atoms with Gasteiger partial charge in [0.05, 0.1) is 18.3 Å². The van der Waals surface area contributed by atoms with Gasteiger partial charge < -0.3 is 24.3 Å². The van der Waals surface area contributed by atoms with E-state index in [0.29, 0.717) is 31.8 Å². The number of hydrogen-bond donors (Lipinski definition) is 1. The van der Waals surface area contributed by atoms with Gasteiger partial charge in [0, 0.05) is 61.8 Å². The van der Waals surface area contributed by atoms with Crippen LogP contribution >= 0.6 is 0 Å². The lowest BCUT2D eigenvalue weighted by Gasteiger charge is -2.35. The average molecular weight is 582 g/mol. The maximum absolute atomic E-state index is 13.7. The molecule has 0 saturated carbocycles. The molecule has 4 aromatic rings.